The van der Waals surface area contributed by atoms with E-state index < -0.39 is 0 Å². The quantitative estimate of drug-likeness (QED) is 0.808. The maximum atomic E-state index is 12.9. The van der Waals surface area contributed by atoms with E-state index in [0.717, 1.165) is 13.1 Å². The number of anilines is 2. The second-order valence-corrected chi connectivity index (χ2v) is 7.99. The molecule has 1 aliphatic heterocycles. The average molecular weight is 402 g/mol. The zero-order valence-corrected chi connectivity index (χ0v) is 16.6. The summed E-state index contributed by atoms with van der Waals surface area (Å²) in [4.78, 5) is 28.9. The summed E-state index contributed by atoms with van der Waals surface area (Å²) >= 11 is 1.31. The molecule has 0 spiro atoms. The summed E-state index contributed by atoms with van der Waals surface area (Å²) in [6, 6.07) is 15.8. The summed E-state index contributed by atoms with van der Waals surface area (Å²) in [6.45, 7) is 4.80. The van der Waals surface area contributed by atoms with Gasteiger partial charge in [-0.15, -0.1) is 11.8 Å². The molecule has 0 unspecified atom stereocenters. The molecule has 2 amide bonds. The monoisotopic (exact) mass is 401 g/mol. The van der Waals surface area contributed by atoms with E-state index in [1.165, 1.54) is 41.7 Å². The minimum Gasteiger partial charge on any atom is -0.368 e. The van der Waals surface area contributed by atoms with Crippen LogP contribution < -0.4 is 10.2 Å². The van der Waals surface area contributed by atoms with Crippen LogP contribution in [0.15, 0.2) is 54.6 Å². The number of rotatable bonds is 6. The Kier molecular flexibility index (Phi) is 6.92. The van der Waals surface area contributed by atoms with E-state index in [4.69, 9.17) is 0 Å². The first kappa shape index (κ1) is 20.2. The molecule has 148 valence electrons. The number of halogens is 1. The Balaban J connectivity index is 1.42. The molecule has 1 N–H and O–H groups in total. The van der Waals surface area contributed by atoms with Gasteiger partial charge in [-0.25, -0.2) is 4.39 Å². The number of carbonyl (C=O) groups excluding carboxylic acids is 2. The Labute approximate surface area is 168 Å². The third kappa shape index (κ3) is 5.48. The van der Waals surface area contributed by atoms with Crippen LogP contribution in [0.4, 0.5) is 15.8 Å². The van der Waals surface area contributed by atoms with Gasteiger partial charge in [0.1, 0.15) is 5.82 Å². The molecule has 1 atom stereocenters. The summed E-state index contributed by atoms with van der Waals surface area (Å²) in [7, 11) is 0. The van der Waals surface area contributed by atoms with Crippen molar-refractivity contribution < 1.29 is 14.0 Å². The van der Waals surface area contributed by atoms with Crippen LogP contribution in [-0.4, -0.2) is 53.9 Å². The smallest absolute Gasteiger partial charge is 0.235 e. The van der Waals surface area contributed by atoms with Crippen molar-refractivity contribution in [2.24, 2.45) is 0 Å². The van der Waals surface area contributed by atoms with Crippen LogP contribution in [0, 0.1) is 5.82 Å². The fraction of sp³-hybridized carbons (Fsp3) is 0.333. The van der Waals surface area contributed by atoms with E-state index in [9.17, 15) is 14.0 Å². The van der Waals surface area contributed by atoms with Gasteiger partial charge < -0.3 is 15.1 Å². The first-order valence-electron chi connectivity index (χ1n) is 9.29. The van der Waals surface area contributed by atoms with Gasteiger partial charge in [0.15, 0.2) is 0 Å². The van der Waals surface area contributed by atoms with Crippen molar-refractivity contribution >= 4 is 35.0 Å². The van der Waals surface area contributed by atoms with E-state index in [2.05, 4.69) is 22.3 Å². The maximum absolute atomic E-state index is 12.9. The number of para-hydroxylation sites is 1. The van der Waals surface area contributed by atoms with Crippen molar-refractivity contribution in [3.8, 4) is 0 Å². The number of benzene rings is 2. The number of hydrogen-bond acceptors (Lipinski definition) is 4. The summed E-state index contributed by atoms with van der Waals surface area (Å²) in [5.74, 6) is -0.315. The van der Waals surface area contributed by atoms with Crippen molar-refractivity contribution in [2.75, 3.05) is 42.1 Å². The van der Waals surface area contributed by atoms with Gasteiger partial charge in [0.05, 0.1) is 11.0 Å². The molecule has 2 aromatic rings. The Morgan fingerprint density at radius 1 is 1.04 bits per heavy atom. The molecule has 1 saturated heterocycles. The van der Waals surface area contributed by atoms with E-state index in [1.807, 2.05) is 30.0 Å². The van der Waals surface area contributed by atoms with Crippen molar-refractivity contribution in [3.63, 3.8) is 0 Å². The fourth-order valence-corrected chi connectivity index (χ4v) is 3.85. The van der Waals surface area contributed by atoms with Gasteiger partial charge in [-0.05, 0) is 43.3 Å². The zero-order valence-electron chi connectivity index (χ0n) is 15.8. The molecule has 1 fully saturated rings. The number of nitrogens with one attached hydrogen (secondary N) is 1. The van der Waals surface area contributed by atoms with Crippen LogP contribution >= 0.6 is 11.8 Å². The van der Waals surface area contributed by atoms with Gasteiger partial charge in [-0.3, -0.25) is 9.59 Å². The summed E-state index contributed by atoms with van der Waals surface area (Å²) < 4.78 is 12.9. The van der Waals surface area contributed by atoms with Gasteiger partial charge in [0, 0.05) is 37.6 Å². The van der Waals surface area contributed by atoms with Crippen molar-refractivity contribution in [1.82, 2.24) is 4.90 Å². The van der Waals surface area contributed by atoms with Gasteiger partial charge in [-0.1, -0.05) is 18.2 Å². The largest absolute Gasteiger partial charge is 0.368 e. The third-order valence-electron chi connectivity index (χ3n) is 4.65. The Hall–Kier alpha value is -2.54. The Morgan fingerprint density at radius 3 is 2.32 bits per heavy atom. The normalized spacial score (nSPS) is 15.2. The maximum Gasteiger partial charge on any atom is 0.235 e. The molecule has 2 aromatic carbocycles. The average Bonchev–Trinajstić information content (AvgIpc) is 2.74. The standard InChI is InChI=1S/C21H24FN3O2S/c1-16(28-15-20(26)23-18-9-7-17(22)8-10-18)21(27)25-13-11-24(12-14-25)19-5-3-2-4-6-19/h2-10,16H,11-15H2,1H3,(H,23,26)/t16-/m0/s1. The molecule has 0 saturated carbocycles. The highest BCUT2D eigenvalue weighted by Crippen LogP contribution is 2.19. The summed E-state index contributed by atoms with van der Waals surface area (Å²) in [5.41, 5.74) is 1.72. The van der Waals surface area contributed by atoms with Crippen molar-refractivity contribution in [1.29, 1.82) is 0 Å². The predicted molar refractivity (Wildman–Crippen MR) is 112 cm³/mol. The molecule has 3 rings (SSSR count). The molecule has 1 heterocycles. The Bertz CT molecular complexity index is 793. The lowest BCUT2D eigenvalue weighted by Gasteiger charge is -2.37. The lowest BCUT2D eigenvalue weighted by atomic mass is 10.2. The molecule has 7 heteroatoms. The van der Waals surface area contributed by atoms with Crippen LogP contribution in [0.25, 0.3) is 0 Å². The lowest BCUT2D eigenvalue weighted by molar-refractivity contribution is -0.130. The fourth-order valence-electron chi connectivity index (χ4n) is 3.08. The lowest BCUT2D eigenvalue weighted by Crippen LogP contribution is -2.50. The summed E-state index contributed by atoms with van der Waals surface area (Å²) in [6.07, 6.45) is 0. The Morgan fingerprint density at radius 2 is 1.68 bits per heavy atom. The highest BCUT2D eigenvalue weighted by Gasteiger charge is 2.25. The molecule has 0 radical (unpaired) electrons. The first-order valence-corrected chi connectivity index (χ1v) is 10.3. The van der Waals surface area contributed by atoms with Crippen LogP contribution in [0.3, 0.4) is 0 Å². The number of amides is 2. The summed E-state index contributed by atoms with van der Waals surface area (Å²) in [5, 5.41) is 2.42. The predicted octanol–water partition coefficient (Wildman–Crippen LogP) is 3.23. The zero-order chi connectivity index (χ0) is 19.9. The second-order valence-electron chi connectivity index (χ2n) is 6.66. The molecule has 0 bridgehead atoms. The minimum absolute atomic E-state index is 0.0623. The van der Waals surface area contributed by atoms with Crippen LogP contribution in [0.2, 0.25) is 0 Å². The third-order valence-corrected chi connectivity index (χ3v) is 5.78. The van der Waals surface area contributed by atoms with E-state index >= 15 is 0 Å². The number of carbonyl (C=O) groups is 2. The molecule has 0 aromatic heterocycles. The topological polar surface area (TPSA) is 52.7 Å². The highest BCUT2D eigenvalue weighted by molar-refractivity contribution is 8.01. The molecular formula is C21H24FN3O2S. The number of thioether (sulfide) groups is 1. The number of piperazine rings is 1. The molecule has 5 nitrogen and oxygen atoms in total. The minimum atomic E-state index is -0.348. The SMILES string of the molecule is C[C@H](SCC(=O)Nc1ccc(F)cc1)C(=O)N1CCN(c2ccccc2)CC1. The van der Waals surface area contributed by atoms with E-state index in [-0.39, 0.29) is 28.6 Å². The van der Waals surface area contributed by atoms with Gasteiger partial charge in [-0.2, -0.15) is 0 Å². The van der Waals surface area contributed by atoms with Gasteiger partial charge in [0.2, 0.25) is 11.8 Å². The molecular weight excluding hydrogens is 377 g/mol. The van der Waals surface area contributed by atoms with E-state index in [1.54, 1.807) is 0 Å². The highest BCUT2D eigenvalue weighted by atomic mass is 32.2. The molecule has 28 heavy (non-hydrogen) atoms. The molecule has 0 aliphatic carbocycles. The first-order chi connectivity index (χ1) is 13.5. The van der Waals surface area contributed by atoms with Crippen LogP contribution in [-0.2, 0) is 9.59 Å². The van der Waals surface area contributed by atoms with Crippen LogP contribution in [0.5, 0.6) is 0 Å². The van der Waals surface area contributed by atoms with Crippen molar-refractivity contribution in [2.45, 2.75) is 12.2 Å². The van der Waals surface area contributed by atoms with Gasteiger partial charge >= 0.3 is 0 Å². The van der Waals surface area contributed by atoms with Crippen LogP contribution in [0.1, 0.15) is 6.92 Å². The van der Waals surface area contributed by atoms with E-state index in [0.29, 0.717) is 18.8 Å². The molecule has 1 aliphatic rings. The second kappa shape index (κ2) is 9.59. The number of hydrogen-bond donors (Lipinski definition) is 1. The van der Waals surface area contributed by atoms with Crippen molar-refractivity contribution in [3.05, 3.63) is 60.4 Å². The number of nitrogens with zero attached hydrogens (tertiary/aromatic N) is 2. The van der Waals surface area contributed by atoms with Gasteiger partial charge in [0.25, 0.3) is 0 Å².